The second kappa shape index (κ2) is 6.08. The second-order valence-electron chi connectivity index (χ2n) is 3.87. The SMILES string of the molecule is FC(F)(F)Oc1ccc(CNCc2cccs2)cc1. The van der Waals surface area contributed by atoms with E-state index in [1.54, 1.807) is 23.5 Å². The molecule has 2 nitrogen and oxygen atoms in total. The molecule has 0 unspecified atom stereocenters. The van der Waals surface area contributed by atoms with Crippen LogP contribution in [-0.4, -0.2) is 6.36 Å². The molecular weight excluding hydrogens is 275 g/mol. The first-order valence-electron chi connectivity index (χ1n) is 5.61. The molecule has 0 saturated carbocycles. The average Bonchev–Trinajstić information content (AvgIpc) is 2.82. The Bertz CT molecular complexity index is 494. The molecule has 0 atom stereocenters. The summed E-state index contributed by atoms with van der Waals surface area (Å²) in [5, 5.41) is 5.22. The van der Waals surface area contributed by atoms with Crippen molar-refractivity contribution in [1.29, 1.82) is 0 Å². The molecule has 2 aromatic rings. The quantitative estimate of drug-likeness (QED) is 0.899. The molecule has 0 amide bonds. The van der Waals surface area contributed by atoms with Crippen molar-refractivity contribution in [3.8, 4) is 5.75 Å². The van der Waals surface area contributed by atoms with Crippen LogP contribution in [0.25, 0.3) is 0 Å². The fourth-order valence-electron chi connectivity index (χ4n) is 1.55. The molecule has 2 rings (SSSR count). The van der Waals surface area contributed by atoms with E-state index in [0.29, 0.717) is 6.54 Å². The van der Waals surface area contributed by atoms with Crippen molar-refractivity contribution >= 4 is 11.3 Å². The van der Waals surface area contributed by atoms with Crippen LogP contribution < -0.4 is 10.1 Å². The summed E-state index contributed by atoms with van der Waals surface area (Å²) in [6.07, 6.45) is -4.64. The summed E-state index contributed by atoms with van der Waals surface area (Å²) in [6, 6.07) is 9.86. The average molecular weight is 287 g/mol. The summed E-state index contributed by atoms with van der Waals surface area (Å²) in [7, 11) is 0. The van der Waals surface area contributed by atoms with Gasteiger partial charge in [-0.25, -0.2) is 0 Å². The summed E-state index contributed by atoms with van der Waals surface area (Å²) in [5.74, 6) is -0.200. The third-order valence-electron chi connectivity index (χ3n) is 2.37. The molecule has 0 radical (unpaired) electrons. The number of rotatable bonds is 5. The van der Waals surface area contributed by atoms with Crippen molar-refractivity contribution in [2.75, 3.05) is 0 Å². The number of thiophene rings is 1. The molecule has 6 heteroatoms. The van der Waals surface area contributed by atoms with Gasteiger partial charge in [-0.05, 0) is 29.1 Å². The lowest BCUT2D eigenvalue weighted by molar-refractivity contribution is -0.274. The van der Waals surface area contributed by atoms with Crippen LogP contribution in [0.15, 0.2) is 41.8 Å². The van der Waals surface area contributed by atoms with E-state index < -0.39 is 6.36 Å². The molecule has 0 aliphatic carbocycles. The summed E-state index contributed by atoms with van der Waals surface area (Å²) < 4.78 is 39.7. The standard InChI is InChI=1S/C13H12F3NOS/c14-13(15,16)18-11-5-3-10(4-6-11)8-17-9-12-2-1-7-19-12/h1-7,17H,8-9H2. The van der Waals surface area contributed by atoms with Gasteiger partial charge in [-0.2, -0.15) is 0 Å². The maximum atomic E-state index is 12.0. The van der Waals surface area contributed by atoms with Crippen molar-refractivity contribution < 1.29 is 17.9 Å². The van der Waals surface area contributed by atoms with Crippen LogP contribution >= 0.6 is 11.3 Å². The second-order valence-corrected chi connectivity index (χ2v) is 4.91. The van der Waals surface area contributed by atoms with Gasteiger partial charge in [-0.15, -0.1) is 24.5 Å². The van der Waals surface area contributed by atoms with Gasteiger partial charge in [0.25, 0.3) is 0 Å². The van der Waals surface area contributed by atoms with E-state index in [0.717, 1.165) is 12.1 Å². The predicted octanol–water partition coefficient (Wildman–Crippen LogP) is 3.94. The number of alkyl halides is 3. The number of benzene rings is 1. The maximum Gasteiger partial charge on any atom is 0.573 e. The lowest BCUT2D eigenvalue weighted by Gasteiger charge is -2.09. The smallest absolute Gasteiger partial charge is 0.406 e. The molecular formula is C13H12F3NOS. The van der Waals surface area contributed by atoms with E-state index in [-0.39, 0.29) is 5.75 Å². The first kappa shape index (κ1) is 13.9. The summed E-state index contributed by atoms with van der Waals surface area (Å²) in [6.45, 7) is 1.35. The van der Waals surface area contributed by atoms with Crippen LogP contribution in [0, 0.1) is 0 Å². The fourth-order valence-corrected chi connectivity index (χ4v) is 2.23. The van der Waals surface area contributed by atoms with Crippen LogP contribution in [0.1, 0.15) is 10.4 Å². The highest BCUT2D eigenvalue weighted by molar-refractivity contribution is 7.09. The minimum Gasteiger partial charge on any atom is -0.406 e. The molecule has 0 fully saturated rings. The number of hydrogen-bond acceptors (Lipinski definition) is 3. The summed E-state index contributed by atoms with van der Waals surface area (Å²) >= 11 is 1.66. The molecule has 0 bridgehead atoms. The zero-order valence-electron chi connectivity index (χ0n) is 9.91. The van der Waals surface area contributed by atoms with Crippen molar-refractivity contribution in [2.45, 2.75) is 19.5 Å². The number of nitrogens with one attached hydrogen (secondary N) is 1. The van der Waals surface area contributed by atoms with Gasteiger partial charge in [0.1, 0.15) is 5.75 Å². The molecule has 19 heavy (non-hydrogen) atoms. The van der Waals surface area contributed by atoms with Crippen LogP contribution in [0.2, 0.25) is 0 Å². The van der Waals surface area contributed by atoms with Crippen molar-refractivity contribution in [3.05, 3.63) is 52.2 Å². The Morgan fingerprint density at radius 2 is 1.79 bits per heavy atom. The first-order valence-corrected chi connectivity index (χ1v) is 6.49. The Kier molecular flexibility index (Phi) is 4.44. The lowest BCUT2D eigenvalue weighted by atomic mass is 10.2. The predicted molar refractivity (Wildman–Crippen MR) is 68.0 cm³/mol. The van der Waals surface area contributed by atoms with Gasteiger partial charge >= 0.3 is 6.36 Å². The molecule has 1 N–H and O–H groups in total. The highest BCUT2D eigenvalue weighted by Gasteiger charge is 2.30. The van der Waals surface area contributed by atoms with Crippen LogP contribution in [0.5, 0.6) is 5.75 Å². The van der Waals surface area contributed by atoms with Crippen LogP contribution in [-0.2, 0) is 13.1 Å². The molecule has 102 valence electrons. The number of ether oxygens (including phenoxy) is 1. The number of halogens is 3. The van der Waals surface area contributed by atoms with Gasteiger partial charge in [0, 0.05) is 18.0 Å². The minimum atomic E-state index is -4.64. The lowest BCUT2D eigenvalue weighted by Crippen LogP contribution is -2.17. The topological polar surface area (TPSA) is 21.3 Å². The molecule has 0 aliphatic heterocycles. The monoisotopic (exact) mass is 287 g/mol. The molecule has 1 aromatic heterocycles. The third kappa shape index (κ3) is 4.92. The summed E-state index contributed by atoms with van der Waals surface area (Å²) in [5.41, 5.74) is 0.908. The normalized spacial score (nSPS) is 11.5. The zero-order valence-corrected chi connectivity index (χ0v) is 10.7. The summed E-state index contributed by atoms with van der Waals surface area (Å²) in [4.78, 5) is 1.22. The molecule has 0 aliphatic rings. The Hall–Kier alpha value is -1.53. The van der Waals surface area contributed by atoms with Crippen LogP contribution in [0.3, 0.4) is 0 Å². The van der Waals surface area contributed by atoms with E-state index in [1.807, 2.05) is 17.5 Å². The Balaban J connectivity index is 1.81. The van der Waals surface area contributed by atoms with E-state index in [4.69, 9.17) is 0 Å². The van der Waals surface area contributed by atoms with Gasteiger partial charge < -0.3 is 10.1 Å². The van der Waals surface area contributed by atoms with Crippen molar-refractivity contribution in [1.82, 2.24) is 5.32 Å². The molecule has 1 heterocycles. The Morgan fingerprint density at radius 3 is 2.37 bits per heavy atom. The fraction of sp³-hybridized carbons (Fsp3) is 0.231. The Labute approximate surface area is 112 Å². The highest BCUT2D eigenvalue weighted by atomic mass is 32.1. The number of hydrogen-bond donors (Lipinski definition) is 1. The minimum absolute atomic E-state index is 0.200. The molecule has 0 saturated heterocycles. The molecule has 1 aromatic carbocycles. The van der Waals surface area contributed by atoms with E-state index in [1.165, 1.54) is 17.0 Å². The van der Waals surface area contributed by atoms with Crippen molar-refractivity contribution in [2.24, 2.45) is 0 Å². The first-order chi connectivity index (χ1) is 9.03. The van der Waals surface area contributed by atoms with E-state index >= 15 is 0 Å². The zero-order chi connectivity index (χ0) is 13.7. The highest BCUT2D eigenvalue weighted by Crippen LogP contribution is 2.22. The van der Waals surface area contributed by atoms with Crippen molar-refractivity contribution in [3.63, 3.8) is 0 Å². The Morgan fingerprint density at radius 1 is 1.05 bits per heavy atom. The van der Waals surface area contributed by atoms with Gasteiger partial charge in [0.15, 0.2) is 0 Å². The maximum absolute atomic E-state index is 12.0. The van der Waals surface area contributed by atoms with E-state index in [9.17, 15) is 13.2 Å². The molecule has 0 spiro atoms. The van der Waals surface area contributed by atoms with Gasteiger partial charge in [-0.1, -0.05) is 18.2 Å². The van der Waals surface area contributed by atoms with Gasteiger partial charge in [0.2, 0.25) is 0 Å². The van der Waals surface area contributed by atoms with Gasteiger partial charge in [-0.3, -0.25) is 0 Å². The largest absolute Gasteiger partial charge is 0.573 e. The third-order valence-corrected chi connectivity index (χ3v) is 3.24. The van der Waals surface area contributed by atoms with Gasteiger partial charge in [0.05, 0.1) is 0 Å². The van der Waals surface area contributed by atoms with Crippen LogP contribution in [0.4, 0.5) is 13.2 Å². The van der Waals surface area contributed by atoms with E-state index in [2.05, 4.69) is 10.1 Å².